The second-order valence-corrected chi connectivity index (χ2v) is 7.56. The third kappa shape index (κ3) is 3.27. The number of methoxy groups -OCH3 is 1. The third-order valence-electron chi connectivity index (χ3n) is 5.80. The van der Waals surface area contributed by atoms with Crippen molar-refractivity contribution in [1.29, 1.82) is 0 Å². The lowest BCUT2D eigenvalue weighted by Crippen LogP contribution is -2.55. The summed E-state index contributed by atoms with van der Waals surface area (Å²) >= 11 is 0. The quantitative estimate of drug-likeness (QED) is 0.863. The Morgan fingerprint density at radius 1 is 1.28 bits per heavy atom. The molecule has 0 spiro atoms. The van der Waals surface area contributed by atoms with E-state index in [1.54, 1.807) is 7.11 Å². The number of carbonyl (C=O) groups excluding carboxylic acids is 1. The number of nitrogens with one attached hydrogen (secondary N) is 1. The Kier molecular flexibility index (Phi) is 4.69. The SMILES string of the molecule is COCC1(CNC(=O)N(C2CCC2)C2CC2)OCCc2ccccc21. The molecule has 3 aliphatic rings. The van der Waals surface area contributed by atoms with Crippen molar-refractivity contribution in [2.75, 3.05) is 26.9 Å². The minimum absolute atomic E-state index is 0.0642. The number of rotatable bonds is 6. The average Bonchev–Trinajstić information content (AvgIpc) is 3.41. The predicted molar refractivity (Wildman–Crippen MR) is 95.6 cm³/mol. The van der Waals surface area contributed by atoms with Gasteiger partial charge in [-0.25, -0.2) is 4.79 Å². The molecule has 2 fully saturated rings. The molecule has 4 rings (SSSR count). The Hall–Kier alpha value is -1.59. The van der Waals surface area contributed by atoms with Crippen LogP contribution in [0.1, 0.15) is 43.2 Å². The number of ether oxygens (including phenoxy) is 2. The molecular weight excluding hydrogens is 316 g/mol. The first-order valence-electron chi connectivity index (χ1n) is 9.51. The first-order chi connectivity index (χ1) is 12.2. The Balaban J connectivity index is 1.50. The fourth-order valence-electron chi connectivity index (χ4n) is 4.12. The van der Waals surface area contributed by atoms with E-state index in [0.717, 1.165) is 37.7 Å². The second kappa shape index (κ2) is 6.96. The first kappa shape index (κ1) is 16.9. The smallest absolute Gasteiger partial charge is 0.318 e. The van der Waals surface area contributed by atoms with Gasteiger partial charge in [0.05, 0.1) is 19.8 Å². The van der Waals surface area contributed by atoms with Crippen molar-refractivity contribution in [2.45, 2.75) is 56.2 Å². The number of nitrogens with zero attached hydrogens (tertiary/aromatic N) is 1. The van der Waals surface area contributed by atoms with Crippen LogP contribution in [-0.4, -0.2) is 49.9 Å². The minimum atomic E-state index is -0.589. The summed E-state index contributed by atoms with van der Waals surface area (Å²) in [7, 11) is 1.69. The van der Waals surface area contributed by atoms with Crippen molar-refractivity contribution in [3.63, 3.8) is 0 Å². The zero-order valence-corrected chi connectivity index (χ0v) is 15.0. The van der Waals surface area contributed by atoms with Crippen LogP contribution in [0.25, 0.3) is 0 Å². The molecule has 5 nitrogen and oxygen atoms in total. The molecule has 1 unspecified atom stereocenters. The molecule has 0 saturated heterocycles. The molecule has 1 aliphatic heterocycles. The first-order valence-corrected chi connectivity index (χ1v) is 9.51. The largest absolute Gasteiger partial charge is 0.381 e. The molecule has 1 N–H and O–H groups in total. The number of hydrogen-bond donors (Lipinski definition) is 1. The number of benzene rings is 1. The zero-order chi connectivity index (χ0) is 17.3. The van der Waals surface area contributed by atoms with Gasteiger partial charge in [0.2, 0.25) is 0 Å². The van der Waals surface area contributed by atoms with Crippen LogP contribution in [0.4, 0.5) is 4.79 Å². The maximum absolute atomic E-state index is 12.9. The summed E-state index contributed by atoms with van der Waals surface area (Å²) in [6.07, 6.45) is 6.73. The van der Waals surface area contributed by atoms with Gasteiger partial charge in [0.1, 0.15) is 5.60 Å². The number of amides is 2. The molecule has 25 heavy (non-hydrogen) atoms. The second-order valence-electron chi connectivity index (χ2n) is 7.56. The van der Waals surface area contributed by atoms with Crippen molar-refractivity contribution in [2.24, 2.45) is 0 Å². The Morgan fingerprint density at radius 2 is 2.04 bits per heavy atom. The highest BCUT2D eigenvalue weighted by molar-refractivity contribution is 5.75. The van der Waals surface area contributed by atoms with E-state index in [-0.39, 0.29) is 6.03 Å². The monoisotopic (exact) mass is 344 g/mol. The lowest BCUT2D eigenvalue weighted by molar-refractivity contribution is -0.0999. The highest BCUT2D eigenvalue weighted by Crippen LogP contribution is 2.36. The molecule has 2 aliphatic carbocycles. The lowest BCUT2D eigenvalue weighted by atomic mass is 9.86. The maximum Gasteiger partial charge on any atom is 0.318 e. The van der Waals surface area contributed by atoms with Crippen LogP contribution in [0.2, 0.25) is 0 Å². The van der Waals surface area contributed by atoms with Crippen LogP contribution in [0.5, 0.6) is 0 Å². The van der Waals surface area contributed by atoms with Crippen molar-refractivity contribution in [3.05, 3.63) is 35.4 Å². The molecule has 0 radical (unpaired) electrons. The standard InChI is InChI=1S/C20H28N2O3/c1-24-14-20(18-8-3-2-5-15(18)11-12-25-20)13-21-19(23)22(17-9-10-17)16-6-4-7-16/h2-3,5,8,16-17H,4,6-7,9-14H2,1H3,(H,21,23). The van der Waals surface area contributed by atoms with Gasteiger partial charge in [0.25, 0.3) is 0 Å². The summed E-state index contributed by atoms with van der Waals surface area (Å²) in [5.41, 5.74) is 1.84. The van der Waals surface area contributed by atoms with Crippen LogP contribution in [0, 0.1) is 0 Å². The average molecular weight is 344 g/mol. The van der Waals surface area contributed by atoms with Gasteiger partial charge in [0, 0.05) is 19.2 Å². The van der Waals surface area contributed by atoms with Crippen molar-refractivity contribution >= 4 is 6.03 Å². The summed E-state index contributed by atoms with van der Waals surface area (Å²) in [6, 6.07) is 9.29. The Morgan fingerprint density at radius 3 is 2.72 bits per heavy atom. The van der Waals surface area contributed by atoms with E-state index < -0.39 is 5.60 Å². The van der Waals surface area contributed by atoms with Gasteiger partial charge in [-0.15, -0.1) is 0 Å². The molecular formula is C20H28N2O3. The van der Waals surface area contributed by atoms with E-state index in [1.165, 1.54) is 12.0 Å². The lowest BCUT2D eigenvalue weighted by Gasteiger charge is -2.41. The van der Waals surface area contributed by atoms with E-state index in [2.05, 4.69) is 28.4 Å². The van der Waals surface area contributed by atoms with Crippen LogP contribution in [0.3, 0.4) is 0 Å². The van der Waals surface area contributed by atoms with Crippen LogP contribution in [-0.2, 0) is 21.5 Å². The van der Waals surface area contributed by atoms with E-state index in [4.69, 9.17) is 9.47 Å². The zero-order valence-electron chi connectivity index (χ0n) is 15.0. The fraction of sp³-hybridized carbons (Fsp3) is 0.650. The fourth-order valence-corrected chi connectivity index (χ4v) is 4.12. The van der Waals surface area contributed by atoms with Gasteiger partial charge < -0.3 is 19.7 Å². The highest BCUT2D eigenvalue weighted by Gasteiger charge is 2.42. The Bertz CT molecular complexity index is 627. The molecule has 0 bridgehead atoms. The summed E-state index contributed by atoms with van der Waals surface area (Å²) in [5, 5.41) is 3.17. The minimum Gasteiger partial charge on any atom is -0.381 e. The topological polar surface area (TPSA) is 50.8 Å². The van der Waals surface area contributed by atoms with Crippen LogP contribution < -0.4 is 5.32 Å². The van der Waals surface area contributed by atoms with Gasteiger partial charge in [-0.3, -0.25) is 0 Å². The van der Waals surface area contributed by atoms with E-state index in [0.29, 0.717) is 31.8 Å². The maximum atomic E-state index is 12.9. The number of hydrogen-bond acceptors (Lipinski definition) is 3. The summed E-state index contributed by atoms with van der Waals surface area (Å²) in [4.78, 5) is 15.0. The molecule has 136 valence electrons. The van der Waals surface area contributed by atoms with Crippen molar-refractivity contribution < 1.29 is 14.3 Å². The number of urea groups is 1. The van der Waals surface area contributed by atoms with Crippen molar-refractivity contribution in [3.8, 4) is 0 Å². The molecule has 1 aromatic carbocycles. The van der Waals surface area contributed by atoms with Gasteiger partial charge in [-0.2, -0.15) is 0 Å². The molecule has 5 heteroatoms. The Labute approximate surface area is 149 Å². The molecule has 0 aromatic heterocycles. The molecule has 1 atom stereocenters. The molecule has 2 amide bonds. The van der Waals surface area contributed by atoms with E-state index in [9.17, 15) is 4.79 Å². The van der Waals surface area contributed by atoms with Crippen LogP contribution in [0.15, 0.2) is 24.3 Å². The summed E-state index contributed by atoms with van der Waals surface area (Å²) in [6.45, 7) is 1.55. The van der Waals surface area contributed by atoms with Gasteiger partial charge in [-0.1, -0.05) is 24.3 Å². The van der Waals surface area contributed by atoms with Crippen LogP contribution >= 0.6 is 0 Å². The van der Waals surface area contributed by atoms with Crippen molar-refractivity contribution in [1.82, 2.24) is 10.2 Å². The number of carbonyl (C=O) groups is 1. The summed E-state index contributed by atoms with van der Waals surface area (Å²) < 4.78 is 11.7. The van der Waals surface area contributed by atoms with E-state index in [1.807, 2.05) is 6.07 Å². The summed E-state index contributed by atoms with van der Waals surface area (Å²) in [5.74, 6) is 0. The highest BCUT2D eigenvalue weighted by atomic mass is 16.5. The molecule has 1 heterocycles. The molecule has 2 saturated carbocycles. The normalized spacial score (nSPS) is 25.8. The predicted octanol–water partition coefficient (Wildman–Crippen LogP) is 2.83. The molecule has 1 aromatic rings. The third-order valence-corrected chi connectivity index (χ3v) is 5.80. The van der Waals surface area contributed by atoms with Gasteiger partial charge >= 0.3 is 6.03 Å². The number of fused-ring (bicyclic) bond motifs is 1. The van der Waals surface area contributed by atoms with Gasteiger partial charge in [-0.05, 0) is 49.7 Å². The van der Waals surface area contributed by atoms with Gasteiger partial charge in [0.15, 0.2) is 0 Å². The van der Waals surface area contributed by atoms with E-state index >= 15 is 0 Å².